The average molecular weight is 500 g/mol. The Labute approximate surface area is 204 Å². The summed E-state index contributed by atoms with van der Waals surface area (Å²) in [6, 6.07) is 14.6. The van der Waals surface area contributed by atoms with Crippen LogP contribution in [0.2, 0.25) is 0 Å². The zero-order valence-corrected chi connectivity index (χ0v) is 20.8. The summed E-state index contributed by atoms with van der Waals surface area (Å²) in [5.41, 5.74) is 2.76. The number of amides is 1. The molecule has 1 amide bonds. The van der Waals surface area contributed by atoms with Gasteiger partial charge in [0, 0.05) is 6.54 Å². The second-order valence-corrected chi connectivity index (χ2v) is 10.6. The number of nitrogens with one attached hydrogen (secondary N) is 1. The third-order valence-electron chi connectivity index (χ3n) is 6.02. The molecule has 3 aromatic rings. The predicted molar refractivity (Wildman–Crippen MR) is 132 cm³/mol. The minimum atomic E-state index is -3.11. The van der Waals surface area contributed by atoms with Gasteiger partial charge in [-0.2, -0.15) is 5.10 Å². The highest BCUT2D eigenvalue weighted by molar-refractivity contribution is 7.91. The Morgan fingerprint density at radius 1 is 1.06 bits per heavy atom. The largest absolute Gasteiger partial charge is 0.493 e. The van der Waals surface area contributed by atoms with Gasteiger partial charge in [-0.3, -0.25) is 9.48 Å². The van der Waals surface area contributed by atoms with Crippen LogP contribution in [0.1, 0.15) is 28.5 Å². The molecule has 1 aromatic heterocycles. The Bertz CT molecular complexity index is 1280. The van der Waals surface area contributed by atoms with E-state index in [0.29, 0.717) is 36.6 Å². The maximum absolute atomic E-state index is 12.9. The summed E-state index contributed by atoms with van der Waals surface area (Å²) < 4.78 is 41.9. The van der Waals surface area contributed by atoms with E-state index in [9.17, 15) is 13.2 Å². The van der Waals surface area contributed by atoms with Crippen LogP contribution in [0.5, 0.6) is 17.2 Å². The Morgan fingerprint density at radius 3 is 2.31 bits per heavy atom. The first-order chi connectivity index (χ1) is 16.8. The van der Waals surface area contributed by atoms with Crippen molar-refractivity contribution >= 4 is 15.7 Å². The fourth-order valence-electron chi connectivity index (χ4n) is 4.27. The van der Waals surface area contributed by atoms with Crippen LogP contribution in [-0.4, -0.2) is 63.5 Å². The Kier molecular flexibility index (Phi) is 7.30. The summed E-state index contributed by atoms with van der Waals surface area (Å²) in [5, 5.41) is 7.42. The van der Waals surface area contributed by atoms with E-state index in [1.54, 1.807) is 32.1 Å². The molecule has 4 rings (SSSR count). The van der Waals surface area contributed by atoms with Gasteiger partial charge in [-0.25, -0.2) is 8.42 Å². The van der Waals surface area contributed by atoms with Crippen LogP contribution >= 0.6 is 0 Å². The van der Waals surface area contributed by atoms with E-state index in [2.05, 4.69) is 10.4 Å². The average Bonchev–Trinajstić information content (AvgIpc) is 3.47. The van der Waals surface area contributed by atoms with Crippen molar-refractivity contribution in [3.63, 3.8) is 0 Å². The Hall–Kier alpha value is -3.53. The summed E-state index contributed by atoms with van der Waals surface area (Å²) in [6.45, 7) is 0.364. The molecule has 9 nitrogen and oxygen atoms in total. The van der Waals surface area contributed by atoms with Crippen molar-refractivity contribution in [2.75, 3.05) is 39.4 Å². The number of hydrogen-bond acceptors (Lipinski definition) is 7. The van der Waals surface area contributed by atoms with E-state index >= 15 is 0 Å². The van der Waals surface area contributed by atoms with Crippen molar-refractivity contribution in [2.24, 2.45) is 0 Å². The molecule has 0 bridgehead atoms. The van der Waals surface area contributed by atoms with Gasteiger partial charge in [0.05, 0.1) is 44.6 Å². The van der Waals surface area contributed by atoms with Crippen LogP contribution in [0.15, 0.2) is 48.5 Å². The van der Waals surface area contributed by atoms with Gasteiger partial charge in [0.2, 0.25) is 5.75 Å². The zero-order chi connectivity index (χ0) is 25.0. The van der Waals surface area contributed by atoms with E-state index in [1.807, 2.05) is 42.5 Å². The highest BCUT2D eigenvalue weighted by Gasteiger charge is 2.32. The molecule has 1 fully saturated rings. The minimum absolute atomic E-state index is 0.0245. The van der Waals surface area contributed by atoms with Gasteiger partial charge in [-0.15, -0.1) is 0 Å². The molecular weight excluding hydrogens is 470 g/mol. The maximum atomic E-state index is 12.9. The standard InChI is InChI=1S/C25H29N3O6S/c1-32-22-13-17(14-23(33-2)24(22)34-3)9-11-26-25(29)20-15-21(18-7-5-4-6-8-18)28(27-20)19-10-12-35(30,31)16-19/h4-8,13-15,19H,9-12,16H2,1-3H3,(H,26,29). The first-order valence-electron chi connectivity index (χ1n) is 11.3. The van der Waals surface area contributed by atoms with Crippen LogP contribution in [0.4, 0.5) is 0 Å². The molecule has 0 saturated carbocycles. The third-order valence-corrected chi connectivity index (χ3v) is 7.77. The fraction of sp³-hybridized carbons (Fsp3) is 0.360. The number of sulfone groups is 1. The smallest absolute Gasteiger partial charge is 0.271 e. The molecule has 186 valence electrons. The van der Waals surface area contributed by atoms with Crippen LogP contribution in [0.25, 0.3) is 11.3 Å². The van der Waals surface area contributed by atoms with Gasteiger partial charge in [0.25, 0.3) is 5.91 Å². The Morgan fingerprint density at radius 2 is 1.74 bits per heavy atom. The molecule has 2 aromatic carbocycles. The SMILES string of the molecule is COc1cc(CCNC(=O)c2cc(-c3ccccc3)n(C3CCS(=O)(=O)C3)n2)cc(OC)c1OC. The van der Waals surface area contributed by atoms with Gasteiger partial charge in [-0.05, 0) is 42.2 Å². The maximum Gasteiger partial charge on any atom is 0.271 e. The number of ether oxygens (including phenoxy) is 3. The van der Waals surface area contributed by atoms with Crippen molar-refractivity contribution in [3.05, 3.63) is 59.8 Å². The lowest BCUT2D eigenvalue weighted by molar-refractivity contribution is 0.0948. The highest BCUT2D eigenvalue weighted by atomic mass is 32.2. The lowest BCUT2D eigenvalue weighted by atomic mass is 10.1. The normalized spacial score (nSPS) is 16.6. The minimum Gasteiger partial charge on any atom is -0.493 e. The molecule has 35 heavy (non-hydrogen) atoms. The monoisotopic (exact) mass is 499 g/mol. The van der Waals surface area contributed by atoms with Crippen LogP contribution in [-0.2, 0) is 16.3 Å². The number of aromatic nitrogens is 2. The Balaban J connectivity index is 1.51. The number of rotatable bonds is 9. The molecule has 0 radical (unpaired) electrons. The number of carbonyl (C=O) groups excluding carboxylic acids is 1. The lowest BCUT2D eigenvalue weighted by Gasteiger charge is -2.14. The van der Waals surface area contributed by atoms with Crippen LogP contribution < -0.4 is 19.5 Å². The van der Waals surface area contributed by atoms with Crippen molar-refractivity contribution in [3.8, 4) is 28.5 Å². The topological polar surface area (TPSA) is 109 Å². The van der Waals surface area contributed by atoms with Crippen molar-refractivity contribution < 1.29 is 27.4 Å². The predicted octanol–water partition coefficient (Wildman–Crippen LogP) is 2.91. The summed E-state index contributed by atoms with van der Waals surface area (Å²) in [5.74, 6) is 1.43. The number of nitrogens with zero attached hydrogens (tertiary/aromatic N) is 2. The zero-order valence-electron chi connectivity index (χ0n) is 20.0. The second-order valence-electron chi connectivity index (χ2n) is 8.32. The van der Waals surface area contributed by atoms with Crippen LogP contribution in [0.3, 0.4) is 0 Å². The van der Waals surface area contributed by atoms with E-state index in [4.69, 9.17) is 14.2 Å². The molecule has 1 aliphatic rings. The van der Waals surface area contributed by atoms with Gasteiger partial charge in [-0.1, -0.05) is 30.3 Å². The molecule has 0 aliphatic carbocycles. The van der Waals surface area contributed by atoms with Crippen molar-refractivity contribution in [1.82, 2.24) is 15.1 Å². The molecule has 2 heterocycles. The molecule has 1 aliphatic heterocycles. The molecule has 0 spiro atoms. The molecular formula is C25H29N3O6S. The summed E-state index contributed by atoms with van der Waals surface area (Å²) in [4.78, 5) is 12.9. The van der Waals surface area contributed by atoms with Gasteiger partial charge in [0.15, 0.2) is 27.0 Å². The van der Waals surface area contributed by atoms with E-state index in [-0.39, 0.29) is 29.1 Å². The van der Waals surface area contributed by atoms with Gasteiger partial charge in [0.1, 0.15) is 0 Å². The number of methoxy groups -OCH3 is 3. The molecule has 1 N–H and O–H groups in total. The number of benzene rings is 2. The van der Waals surface area contributed by atoms with Gasteiger partial charge < -0.3 is 19.5 Å². The fourth-order valence-corrected chi connectivity index (χ4v) is 5.96. The molecule has 1 saturated heterocycles. The number of carbonyl (C=O) groups is 1. The second kappa shape index (κ2) is 10.4. The quantitative estimate of drug-likeness (QED) is 0.482. The third kappa shape index (κ3) is 5.43. The summed E-state index contributed by atoms with van der Waals surface area (Å²) >= 11 is 0. The van der Waals surface area contributed by atoms with Crippen LogP contribution in [0, 0.1) is 0 Å². The molecule has 10 heteroatoms. The van der Waals surface area contributed by atoms with Crippen molar-refractivity contribution in [1.29, 1.82) is 0 Å². The first kappa shape index (κ1) is 24.6. The van der Waals surface area contributed by atoms with E-state index in [0.717, 1.165) is 16.8 Å². The first-order valence-corrected chi connectivity index (χ1v) is 13.1. The lowest BCUT2D eigenvalue weighted by Crippen LogP contribution is -2.26. The summed E-state index contributed by atoms with van der Waals surface area (Å²) in [6.07, 6.45) is 1.02. The number of hydrogen-bond donors (Lipinski definition) is 1. The molecule has 1 atom stereocenters. The van der Waals surface area contributed by atoms with E-state index in [1.165, 1.54) is 0 Å². The van der Waals surface area contributed by atoms with E-state index < -0.39 is 9.84 Å². The van der Waals surface area contributed by atoms with Gasteiger partial charge >= 0.3 is 0 Å². The summed E-state index contributed by atoms with van der Waals surface area (Å²) in [7, 11) is 1.55. The van der Waals surface area contributed by atoms with Crippen molar-refractivity contribution in [2.45, 2.75) is 18.9 Å². The highest BCUT2D eigenvalue weighted by Crippen LogP contribution is 2.38. The molecule has 1 unspecified atom stereocenters.